The summed E-state index contributed by atoms with van der Waals surface area (Å²) >= 11 is 0. The molecular weight excluding hydrogens is 534 g/mol. The molecule has 1 aliphatic rings. The molecule has 13 heteroatoms. The molecule has 0 saturated carbocycles. The van der Waals surface area contributed by atoms with Crippen LogP contribution in [0.3, 0.4) is 0 Å². The molecule has 0 radical (unpaired) electrons. The van der Waals surface area contributed by atoms with Crippen molar-refractivity contribution in [2.75, 3.05) is 18.9 Å². The number of anilines is 1. The number of carbonyl (C=O) groups excluding carboxylic acids is 1. The lowest BCUT2D eigenvalue weighted by Gasteiger charge is -2.28. The number of nitrogen functional groups attached to an aromatic ring is 1. The van der Waals surface area contributed by atoms with Crippen molar-refractivity contribution < 1.29 is 31.8 Å². The molecule has 3 aromatic heterocycles. The van der Waals surface area contributed by atoms with E-state index in [1.54, 1.807) is 17.6 Å². The van der Waals surface area contributed by atoms with Crippen LogP contribution in [-0.4, -0.2) is 46.6 Å². The zero-order chi connectivity index (χ0) is 28.7. The largest absolute Gasteiger partial charge is 0.417 e. The third-order valence-corrected chi connectivity index (χ3v) is 8.57. The van der Waals surface area contributed by atoms with E-state index in [0.717, 1.165) is 17.2 Å². The fourth-order valence-corrected chi connectivity index (χ4v) is 5.40. The van der Waals surface area contributed by atoms with E-state index >= 15 is 0 Å². The summed E-state index contributed by atoms with van der Waals surface area (Å²) in [5.74, 6) is -1.28. The molecule has 0 bridgehead atoms. The molecule has 1 amide bonds. The van der Waals surface area contributed by atoms with E-state index in [4.69, 9.17) is 15.2 Å². The molecular formula is C26H33F4N5O3Si. The standard InChI is InChI=1S/C26H33F4N5O3Si/c1-6-34(15(2)22-19(27)9-16(11-32-22)26(28,29)30)25(36)21-10-20-23(17-12-38-13-18(17)24(31)33-20)35(21)14-37-7-8-39(3,4)5/h9-11,15H,6-8,12-14H2,1-5H3,(H2,31,33). The first kappa shape index (κ1) is 29.0. The maximum Gasteiger partial charge on any atom is 0.417 e. The fourth-order valence-electron chi connectivity index (χ4n) is 4.65. The lowest BCUT2D eigenvalue weighted by atomic mass is 10.1. The number of aromatic nitrogens is 3. The number of ether oxygens (including phenoxy) is 2. The summed E-state index contributed by atoms with van der Waals surface area (Å²) in [5.41, 5.74) is 7.72. The Morgan fingerprint density at radius 1 is 1.26 bits per heavy atom. The lowest BCUT2D eigenvalue weighted by molar-refractivity contribution is -0.138. The third kappa shape index (κ3) is 5.94. The van der Waals surface area contributed by atoms with Gasteiger partial charge in [0, 0.05) is 38.5 Å². The van der Waals surface area contributed by atoms with E-state index in [1.807, 2.05) is 0 Å². The molecule has 1 aliphatic heterocycles. The number of nitrogens with zero attached hydrogens (tertiary/aromatic N) is 4. The van der Waals surface area contributed by atoms with Gasteiger partial charge in [-0.15, -0.1) is 0 Å². The van der Waals surface area contributed by atoms with E-state index in [1.165, 1.54) is 11.8 Å². The molecule has 0 saturated heterocycles. The zero-order valence-electron chi connectivity index (χ0n) is 22.7. The van der Waals surface area contributed by atoms with E-state index < -0.39 is 37.6 Å². The van der Waals surface area contributed by atoms with Crippen molar-refractivity contribution in [1.29, 1.82) is 0 Å². The van der Waals surface area contributed by atoms with E-state index in [2.05, 4.69) is 29.6 Å². The molecule has 212 valence electrons. The van der Waals surface area contributed by atoms with Crippen LogP contribution in [-0.2, 0) is 35.6 Å². The van der Waals surface area contributed by atoms with Gasteiger partial charge in [-0.3, -0.25) is 9.78 Å². The Hall–Kier alpha value is -3.03. The predicted molar refractivity (Wildman–Crippen MR) is 141 cm³/mol. The molecule has 0 fully saturated rings. The Morgan fingerprint density at radius 3 is 2.56 bits per heavy atom. The Kier molecular flexibility index (Phi) is 8.06. The summed E-state index contributed by atoms with van der Waals surface area (Å²) in [6, 6.07) is 1.99. The Bertz CT molecular complexity index is 1390. The summed E-state index contributed by atoms with van der Waals surface area (Å²) in [7, 11) is -1.36. The quantitative estimate of drug-likeness (QED) is 0.201. The summed E-state index contributed by atoms with van der Waals surface area (Å²) < 4.78 is 67.2. The SMILES string of the molecule is CCN(C(=O)c1cc2nc(N)c3c(c2n1COCC[Si](C)(C)C)COC3)C(C)c1ncc(C(F)(F)F)cc1F. The first-order valence-electron chi connectivity index (χ1n) is 12.7. The molecule has 8 nitrogen and oxygen atoms in total. The van der Waals surface area contributed by atoms with Crippen LogP contribution in [0, 0.1) is 5.82 Å². The highest BCUT2D eigenvalue weighted by Gasteiger charge is 2.34. The first-order chi connectivity index (χ1) is 18.2. The number of rotatable bonds is 9. The topological polar surface area (TPSA) is 95.5 Å². The highest BCUT2D eigenvalue weighted by molar-refractivity contribution is 6.76. The zero-order valence-corrected chi connectivity index (χ0v) is 23.7. The number of carbonyl (C=O) groups is 1. The van der Waals surface area contributed by atoms with Gasteiger partial charge in [0.25, 0.3) is 5.91 Å². The van der Waals surface area contributed by atoms with Crippen LogP contribution < -0.4 is 5.73 Å². The normalized spacial score (nSPS) is 14.6. The molecule has 0 spiro atoms. The summed E-state index contributed by atoms with van der Waals surface area (Å²) in [6.07, 6.45) is -4.16. The van der Waals surface area contributed by atoms with Gasteiger partial charge in [-0.05, 0) is 32.0 Å². The maximum atomic E-state index is 14.8. The van der Waals surface area contributed by atoms with Gasteiger partial charge in [0.1, 0.15) is 24.1 Å². The lowest BCUT2D eigenvalue weighted by Crippen LogP contribution is -2.36. The van der Waals surface area contributed by atoms with Gasteiger partial charge >= 0.3 is 6.18 Å². The van der Waals surface area contributed by atoms with Crippen LogP contribution in [0.1, 0.15) is 52.8 Å². The second kappa shape index (κ2) is 10.9. The van der Waals surface area contributed by atoms with Crippen molar-refractivity contribution in [1.82, 2.24) is 19.4 Å². The first-order valence-corrected chi connectivity index (χ1v) is 16.4. The molecule has 39 heavy (non-hydrogen) atoms. The van der Waals surface area contributed by atoms with Crippen molar-refractivity contribution in [3.63, 3.8) is 0 Å². The van der Waals surface area contributed by atoms with Crippen LogP contribution >= 0.6 is 0 Å². The number of halogens is 4. The number of fused-ring (bicyclic) bond motifs is 3. The number of pyridine rings is 2. The minimum atomic E-state index is -4.73. The molecule has 4 rings (SSSR count). The van der Waals surface area contributed by atoms with Gasteiger partial charge in [-0.2, -0.15) is 13.2 Å². The number of alkyl halides is 3. The molecule has 1 atom stereocenters. The molecule has 2 N–H and O–H groups in total. The monoisotopic (exact) mass is 567 g/mol. The Morgan fingerprint density at radius 2 is 1.95 bits per heavy atom. The van der Waals surface area contributed by atoms with Gasteiger partial charge in [-0.25, -0.2) is 9.37 Å². The Balaban J connectivity index is 1.73. The van der Waals surface area contributed by atoms with Gasteiger partial charge in [-0.1, -0.05) is 19.6 Å². The van der Waals surface area contributed by atoms with Gasteiger partial charge in [0.15, 0.2) is 0 Å². The van der Waals surface area contributed by atoms with Crippen molar-refractivity contribution >= 4 is 30.8 Å². The van der Waals surface area contributed by atoms with Crippen LogP contribution in [0.25, 0.3) is 11.0 Å². The maximum absolute atomic E-state index is 14.8. The van der Waals surface area contributed by atoms with Crippen molar-refractivity contribution in [3.05, 3.63) is 52.2 Å². The van der Waals surface area contributed by atoms with Gasteiger partial charge in [0.05, 0.1) is 41.5 Å². The summed E-state index contributed by atoms with van der Waals surface area (Å²) in [4.78, 5) is 23.5. The summed E-state index contributed by atoms with van der Waals surface area (Å²) in [5, 5.41) is 0. The minimum absolute atomic E-state index is 0.0753. The minimum Gasteiger partial charge on any atom is -0.383 e. The third-order valence-electron chi connectivity index (χ3n) is 6.87. The average Bonchev–Trinajstić information content (AvgIpc) is 3.46. The average molecular weight is 568 g/mol. The second-order valence-corrected chi connectivity index (χ2v) is 16.5. The van der Waals surface area contributed by atoms with Crippen molar-refractivity contribution in [2.45, 2.75) is 71.7 Å². The molecule has 0 aromatic carbocycles. The molecule has 1 unspecified atom stereocenters. The highest BCUT2D eigenvalue weighted by Crippen LogP contribution is 2.35. The van der Waals surface area contributed by atoms with Crippen LogP contribution in [0.5, 0.6) is 0 Å². The van der Waals surface area contributed by atoms with Crippen molar-refractivity contribution in [3.8, 4) is 0 Å². The number of amides is 1. The number of hydrogen-bond donors (Lipinski definition) is 1. The van der Waals surface area contributed by atoms with E-state index in [9.17, 15) is 22.4 Å². The van der Waals surface area contributed by atoms with Crippen LogP contribution in [0.15, 0.2) is 18.3 Å². The number of nitrogens with two attached hydrogens (primary N) is 1. The van der Waals surface area contributed by atoms with Gasteiger partial charge in [0.2, 0.25) is 0 Å². The van der Waals surface area contributed by atoms with E-state index in [0.29, 0.717) is 48.9 Å². The predicted octanol–water partition coefficient (Wildman–Crippen LogP) is 5.74. The van der Waals surface area contributed by atoms with Crippen LogP contribution in [0.4, 0.5) is 23.4 Å². The summed E-state index contributed by atoms with van der Waals surface area (Å²) in [6.45, 7) is 11.3. The molecule has 0 aliphatic carbocycles. The van der Waals surface area contributed by atoms with E-state index in [-0.39, 0.29) is 24.7 Å². The second-order valence-electron chi connectivity index (χ2n) is 10.8. The van der Waals surface area contributed by atoms with Gasteiger partial charge < -0.3 is 24.7 Å². The molecule has 4 heterocycles. The number of hydrogen-bond acceptors (Lipinski definition) is 6. The smallest absolute Gasteiger partial charge is 0.383 e. The Labute approximate surface area is 225 Å². The van der Waals surface area contributed by atoms with Crippen molar-refractivity contribution in [2.24, 2.45) is 0 Å². The van der Waals surface area contributed by atoms with Crippen LogP contribution in [0.2, 0.25) is 25.7 Å². The highest BCUT2D eigenvalue weighted by atomic mass is 28.3. The fraction of sp³-hybridized carbons (Fsp3) is 0.500. The molecule has 3 aromatic rings.